The maximum absolute atomic E-state index is 12.4. The molecule has 1 aromatic rings. The highest BCUT2D eigenvalue weighted by Gasteiger charge is 2.32. The molecule has 1 fully saturated rings. The van der Waals surface area contributed by atoms with E-state index in [2.05, 4.69) is 17.4 Å². The Morgan fingerprint density at radius 3 is 2.50 bits per heavy atom. The van der Waals surface area contributed by atoms with Crippen molar-refractivity contribution in [3.8, 4) is 0 Å². The SMILES string of the molecule is O=C1CN(C(=O)C2Cc3ccccc3C2)CCN1. The molecule has 2 amide bonds. The molecular formula is C14H16N2O2. The fraction of sp³-hybridized carbons (Fsp3) is 0.429. The fourth-order valence-electron chi connectivity index (χ4n) is 2.82. The summed E-state index contributed by atoms with van der Waals surface area (Å²) in [6.07, 6.45) is 1.63. The number of carbonyl (C=O) groups excluding carboxylic acids is 2. The summed E-state index contributed by atoms with van der Waals surface area (Å²) in [5.41, 5.74) is 2.55. The lowest BCUT2D eigenvalue weighted by atomic mass is 10.0. The Balaban J connectivity index is 1.70. The van der Waals surface area contributed by atoms with Crippen molar-refractivity contribution < 1.29 is 9.59 Å². The van der Waals surface area contributed by atoms with Crippen LogP contribution in [0.3, 0.4) is 0 Å². The van der Waals surface area contributed by atoms with Gasteiger partial charge in [0.15, 0.2) is 0 Å². The third-order valence-electron chi connectivity index (χ3n) is 3.75. The van der Waals surface area contributed by atoms with Crippen molar-refractivity contribution in [2.75, 3.05) is 19.6 Å². The van der Waals surface area contributed by atoms with Crippen LogP contribution in [0.15, 0.2) is 24.3 Å². The molecule has 94 valence electrons. The smallest absolute Gasteiger partial charge is 0.239 e. The molecule has 2 aliphatic rings. The first-order valence-electron chi connectivity index (χ1n) is 6.36. The van der Waals surface area contributed by atoms with E-state index in [1.807, 2.05) is 12.1 Å². The first kappa shape index (κ1) is 11.3. The van der Waals surface area contributed by atoms with Gasteiger partial charge in [-0.1, -0.05) is 24.3 Å². The molecule has 0 aromatic heterocycles. The van der Waals surface area contributed by atoms with Gasteiger partial charge >= 0.3 is 0 Å². The highest BCUT2D eigenvalue weighted by atomic mass is 16.2. The summed E-state index contributed by atoms with van der Waals surface area (Å²) in [5.74, 6) is 0.0967. The minimum Gasteiger partial charge on any atom is -0.353 e. The van der Waals surface area contributed by atoms with Gasteiger partial charge in [0, 0.05) is 19.0 Å². The Kier molecular flexibility index (Phi) is 2.78. The van der Waals surface area contributed by atoms with Crippen molar-refractivity contribution in [3.05, 3.63) is 35.4 Å². The first-order chi connectivity index (χ1) is 8.74. The molecule has 1 aromatic carbocycles. The molecule has 1 aliphatic heterocycles. The van der Waals surface area contributed by atoms with E-state index in [1.54, 1.807) is 4.90 Å². The lowest BCUT2D eigenvalue weighted by Crippen LogP contribution is -2.51. The van der Waals surface area contributed by atoms with Gasteiger partial charge in [0.2, 0.25) is 11.8 Å². The monoisotopic (exact) mass is 244 g/mol. The van der Waals surface area contributed by atoms with E-state index in [0.29, 0.717) is 13.1 Å². The summed E-state index contributed by atoms with van der Waals surface area (Å²) in [4.78, 5) is 25.4. The molecule has 4 nitrogen and oxygen atoms in total. The molecule has 1 N–H and O–H groups in total. The van der Waals surface area contributed by atoms with Crippen LogP contribution in [0, 0.1) is 5.92 Å². The van der Waals surface area contributed by atoms with Crippen molar-refractivity contribution in [1.29, 1.82) is 0 Å². The van der Waals surface area contributed by atoms with Crippen LogP contribution in [0.4, 0.5) is 0 Å². The summed E-state index contributed by atoms with van der Waals surface area (Å²) in [7, 11) is 0. The van der Waals surface area contributed by atoms with Crippen molar-refractivity contribution in [2.24, 2.45) is 5.92 Å². The van der Waals surface area contributed by atoms with Gasteiger partial charge in [-0.15, -0.1) is 0 Å². The lowest BCUT2D eigenvalue weighted by molar-refractivity contribution is -0.141. The summed E-state index contributed by atoms with van der Waals surface area (Å²) in [5, 5.41) is 2.74. The number of nitrogens with zero attached hydrogens (tertiary/aromatic N) is 1. The molecule has 0 radical (unpaired) electrons. The lowest BCUT2D eigenvalue weighted by Gasteiger charge is -2.28. The first-order valence-corrected chi connectivity index (χ1v) is 6.36. The number of benzene rings is 1. The van der Waals surface area contributed by atoms with Crippen molar-refractivity contribution in [3.63, 3.8) is 0 Å². The largest absolute Gasteiger partial charge is 0.353 e. The Bertz CT molecular complexity index is 473. The number of hydrogen-bond donors (Lipinski definition) is 1. The minimum atomic E-state index is -0.0508. The molecule has 0 spiro atoms. The number of rotatable bonds is 1. The van der Waals surface area contributed by atoms with E-state index < -0.39 is 0 Å². The van der Waals surface area contributed by atoms with Gasteiger partial charge in [-0.2, -0.15) is 0 Å². The van der Waals surface area contributed by atoms with Crippen LogP contribution >= 0.6 is 0 Å². The van der Waals surface area contributed by atoms with Crippen LogP contribution in [0.1, 0.15) is 11.1 Å². The molecule has 0 unspecified atom stereocenters. The Morgan fingerprint density at radius 1 is 1.22 bits per heavy atom. The number of piperazine rings is 1. The van der Waals surface area contributed by atoms with Gasteiger partial charge < -0.3 is 10.2 Å². The second-order valence-corrected chi connectivity index (χ2v) is 4.98. The maximum Gasteiger partial charge on any atom is 0.239 e. The molecular weight excluding hydrogens is 228 g/mol. The number of nitrogens with one attached hydrogen (secondary N) is 1. The van der Waals surface area contributed by atoms with Crippen LogP contribution in [0.25, 0.3) is 0 Å². The van der Waals surface area contributed by atoms with Gasteiger partial charge in [-0.3, -0.25) is 9.59 Å². The topological polar surface area (TPSA) is 49.4 Å². The van der Waals surface area contributed by atoms with Crippen molar-refractivity contribution in [1.82, 2.24) is 10.2 Å². The highest BCUT2D eigenvalue weighted by Crippen LogP contribution is 2.27. The van der Waals surface area contributed by atoms with E-state index in [4.69, 9.17) is 0 Å². The van der Waals surface area contributed by atoms with Gasteiger partial charge in [-0.25, -0.2) is 0 Å². The summed E-state index contributed by atoms with van der Waals surface area (Å²) in [6, 6.07) is 8.21. The molecule has 4 heteroatoms. The molecule has 0 atom stereocenters. The zero-order chi connectivity index (χ0) is 12.5. The van der Waals surface area contributed by atoms with Crippen LogP contribution in [0.5, 0.6) is 0 Å². The predicted molar refractivity (Wildman–Crippen MR) is 66.9 cm³/mol. The third-order valence-corrected chi connectivity index (χ3v) is 3.75. The molecule has 1 heterocycles. The molecule has 3 rings (SSSR count). The molecule has 0 saturated carbocycles. The molecule has 1 saturated heterocycles. The summed E-state index contributed by atoms with van der Waals surface area (Å²) < 4.78 is 0. The van der Waals surface area contributed by atoms with E-state index in [1.165, 1.54) is 11.1 Å². The maximum atomic E-state index is 12.4. The predicted octanol–water partition coefficient (Wildman–Crippen LogP) is 0.360. The Hall–Kier alpha value is -1.84. The molecule has 18 heavy (non-hydrogen) atoms. The Morgan fingerprint density at radius 2 is 1.89 bits per heavy atom. The third kappa shape index (κ3) is 1.98. The van der Waals surface area contributed by atoms with E-state index in [-0.39, 0.29) is 24.3 Å². The van der Waals surface area contributed by atoms with Crippen LogP contribution in [-0.4, -0.2) is 36.3 Å². The van der Waals surface area contributed by atoms with E-state index in [0.717, 1.165) is 12.8 Å². The van der Waals surface area contributed by atoms with Crippen LogP contribution in [0.2, 0.25) is 0 Å². The second kappa shape index (κ2) is 4.44. The van der Waals surface area contributed by atoms with Gasteiger partial charge in [0.25, 0.3) is 0 Å². The average molecular weight is 244 g/mol. The van der Waals surface area contributed by atoms with Crippen molar-refractivity contribution >= 4 is 11.8 Å². The summed E-state index contributed by atoms with van der Waals surface area (Å²) in [6.45, 7) is 1.42. The van der Waals surface area contributed by atoms with E-state index in [9.17, 15) is 9.59 Å². The van der Waals surface area contributed by atoms with E-state index >= 15 is 0 Å². The average Bonchev–Trinajstić information content (AvgIpc) is 2.81. The number of amides is 2. The van der Waals surface area contributed by atoms with Crippen LogP contribution < -0.4 is 5.32 Å². The highest BCUT2D eigenvalue weighted by molar-refractivity contribution is 5.87. The Labute approximate surface area is 106 Å². The summed E-state index contributed by atoms with van der Waals surface area (Å²) >= 11 is 0. The van der Waals surface area contributed by atoms with Crippen LogP contribution in [-0.2, 0) is 22.4 Å². The van der Waals surface area contributed by atoms with Crippen molar-refractivity contribution in [2.45, 2.75) is 12.8 Å². The fourth-order valence-corrected chi connectivity index (χ4v) is 2.82. The van der Waals surface area contributed by atoms with Gasteiger partial charge in [-0.05, 0) is 24.0 Å². The zero-order valence-corrected chi connectivity index (χ0v) is 10.2. The quantitative estimate of drug-likeness (QED) is 0.775. The number of fused-ring (bicyclic) bond motifs is 1. The number of carbonyl (C=O) groups is 2. The number of hydrogen-bond acceptors (Lipinski definition) is 2. The normalized spacial score (nSPS) is 19.6. The van der Waals surface area contributed by atoms with Gasteiger partial charge in [0.1, 0.15) is 0 Å². The standard InChI is InChI=1S/C14H16N2O2/c17-13-9-16(6-5-15-13)14(18)12-7-10-3-1-2-4-11(10)8-12/h1-4,12H,5-9H2,(H,15,17). The second-order valence-electron chi connectivity index (χ2n) is 4.98. The molecule has 0 bridgehead atoms. The zero-order valence-electron chi connectivity index (χ0n) is 10.2. The van der Waals surface area contributed by atoms with Gasteiger partial charge in [0.05, 0.1) is 6.54 Å². The molecule has 1 aliphatic carbocycles. The minimum absolute atomic E-state index is 0.0216.